The molecule has 0 saturated heterocycles. The van der Waals surface area contributed by atoms with Gasteiger partial charge in [-0.15, -0.1) is 0 Å². The van der Waals surface area contributed by atoms with Crippen LogP contribution >= 0.6 is 0 Å². The zero-order valence-corrected chi connectivity index (χ0v) is 15.0. The summed E-state index contributed by atoms with van der Waals surface area (Å²) in [6, 6.07) is 2.30. The molecule has 1 aromatic rings. The third kappa shape index (κ3) is 4.02. The number of fused-ring (bicyclic) bond motifs is 1. The second-order valence-corrected chi connectivity index (χ2v) is 6.39. The van der Waals surface area contributed by atoms with Crippen LogP contribution in [0.4, 0.5) is 0 Å². The summed E-state index contributed by atoms with van der Waals surface area (Å²) in [5, 5.41) is 19.9. The van der Waals surface area contributed by atoms with E-state index in [2.05, 4.69) is 0 Å². The molecule has 0 spiro atoms. The number of carbonyl (C=O) groups is 3. The first-order chi connectivity index (χ1) is 12.3. The average molecular weight is 358 g/mol. The normalized spacial score (nSPS) is 14.3. The maximum Gasteiger partial charge on any atom is 0.306 e. The van der Waals surface area contributed by atoms with Gasteiger partial charge in [0.25, 0.3) is 0 Å². The summed E-state index contributed by atoms with van der Waals surface area (Å²) in [6.07, 6.45) is 2.97. The van der Waals surface area contributed by atoms with Crippen molar-refractivity contribution >= 4 is 17.5 Å². The van der Waals surface area contributed by atoms with Crippen molar-refractivity contribution in [2.45, 2.75) is 46.1 Å². The SMILES string of the molecule is CCCC(=O)O[C@H](CC=C(C)C)C1=CC(=O)c2c(O)ccc(O)c2C1=O. The van der Waals surface area contributed by atoms with Gasteiger partial charge < -0.3 is 14.9 Å². The molecule has 6 nitrogen and oxygen atoms in total. The summed E-state index contributed by atoms with van der Waals surface area (Å²) >= 11 is 0. The van der Waals surface area contributed by atoms with Crippen molar-refractivity contribution in [1.29, 1.82) is 0 Å². The van der Waals surface area contributed by atoms with Crippen molar-refractivity contribution in [3.05, 3.63) is 46.6 Å². The molecule has 0 bridgehead atoms. The molecule has 0 amide bonds. The predicted molar refractivity (Wildman–Crippen MR) is 95.4 cm³/mol. The minimum Gasteiger partial charge on any atom is -0.507 e. The number of carbonyl (C=O) groups excluding carboxylic acids is 3. The van der Waals surface area contributed by atoms with Crippen molar-refractivity contribution < 1.29 is 29.3 Å². The third-order valence-electron chi connectivity index (χ3n) is 4.00. The maximum atomic E-state index is 12.9. The van der Waals surface area contributed by atoms with E-state index in [9.17, 15) is 24.6 Å². The predicted octanol–water partition coefficient (Wildman–Crippen LogP) is 3.47. The average Bonchev–Trinajstić information content (AvgIpc) is 2.57. The smallest absolute Gasteiger partial charge is 0.306 e. The molecule has 138 valence electrons. The fourth-order valence-electron chi connectivity index (χ4n) is 2.73. The Morgan fingerprint density at radius 3 is 2.35 bits per heavy atom. The molecule has 2 rings (SSSR count). The lowest BCUT2D eigenvalue weighted by Crippen LogP contribution is -2.29. The molecule has 1 aliphatic rings. The Labute approximate surface area is 151 Å². The highest BCUT2D eigenvalue weighted by Gasteiger charge is 2.35. The number of aromatic hydroxyl groups is 2. The summed E-state index contributed by atoms with van der Waals surface area (Å²) in [5.41, 5.74) is 0.462. The highest BCUT2D eigenvalue weighted by atomic mass is 16.5. The van der Waals surface area contributed by atoms with E-state index in [1.165, 1.54) is 0 Å². The highest BCUT2D eigenvalue weighted by molar-refractivity contribution is 6.27. The molecule has 1 aliphatic carbocycles. The van der Waals surface area contributed by atoms with Gasteiger partial charge in [0, 0.05) is 18.4 Å². The first-order valence-corrected chi connectivity index (χ1v) is 8.44. The first kappa shape index (κ1) is 19.4. The Kier molecular flexibility index (Phi) is 5.97. The van der Waals surface area contributed by atoms with Gasteiger partial charge in [-0.05, 0) is 38.5 Å². The molecule has 0 saturated carbocycles. The van der Waals surface area contributed by atoms with Gasteiger partial charge in [0.05, 0.1) is 11.1 Å². The second-order valence-electron chi connectivity index (χ2n) is 6.39. The maximum absolute atomic E-state index is 12.9. The lowest BCUT2D eigenvalue weighted by molar-refractivity contribution is -0.147. The van der Waals surface area contributed by atoms with E-state index in [0.29, 0.717) is 6.42 Å². The standard InChI is InChI=1S/C20H22O6/c1-4-5-17(24)26-16(9-6-11(2)3)12-10-15(23)18-13(21)7-8-14(22)19(18)20(12)25/h6-8,10,16,21-22H,4-5,9H2,1-3H3/t16-/m1/s1. The van der Waals surface area contributed by atoms with Crippen LogP contribution in [0.3, 0.4) is 0 Å². The highest BCUT2D eigenvalue weighted by Crippen LogP contribution is 2.36. The van der Waals surface area contributed by atoms with Crippen LogP contribution < -0.4 is 0 Å². The number of benzene rings is 1. The van der Waals surface area contributed by atoms with E-state index >= 15 is 0 Å². The summed E-state index contributed by atoms with van der Waals surface area (Å²) in [4.78, 5) is 37.2. The molecular formula is C20H22O6. The van der Waals surface area contributed by atoms with E-state index in [-0.39, 0.29) is 35.3 Å². The summed E-state index contributed by atoms with van der Waals surface area (Å²) in [7, 11) is 0. The van der Waals surface area contributed by atoms with Crippen LogP contribution in [0.5, 0.6) is 11.5 Å². The molecule has 1 atom stereocenters. The summed E-state index contributed by atoms with van der Waals surface area (Å²) in [6.45, 7) is 5.57. The molecule has 6 heteroatoms. The monoisotopic (exact) mass is 358 g/mol. The van der Waals surface area contributed by atoms with Crippen molar-refractivity contribution in [3.63, 3.8) is 0 Å². The zero-order valence-electron chi connectivity index (χ0n) is 15.0. The number of phenols is 2. The van der Waals surface area contributed by atoms with Gasteiger partial charge in [-0.1, -0.05) is 18.6 Å². The van der Waals surface area contributed by atoms with Gasteiger partial charge in [0.15, 0.2) is 11.6 Å². The second kappa shape index (κ2) is 7.99. The van der Waals surface area contributed by atoms with Gasteiger partial charge in [-0.3, -0.25) is 14.4 Å². The van der Waals surface area contributed by atoms with Gasteiger partial charge in [0.1, 0.15) is 17.6 Å². The quantitative estimate of drug-likeness (QED) is 0.459. The fraction of sp³-hybridized carbons (Fsp3) is 0.350. The van der Waals surface area contributed by atoms with Crippen molar-refractivity contribution in [3.8, 4) is 11.5 Å². The van der Waals surface area contributed by atoms with Crippen LogP contribution in [-0.2, 0) is 9.53 Å². The number of hydrogen-bond donors (Lipinski definition) is 2. The Morgan fingerprint density at radius 1 is 1.15 bits per heavy atom. The van der Waals surface area contributed by atoms with E-state index in [4.69, 9.17) is 4.74 Å². The third-order valence-corrected chi connectivity index (χ3v) is 4.00. The Balaban J connectivity index is 2.46. The van der Waals surface area contributed by atoms with Crippen LogP contribution in [0.1, 0.15) is 60.7 Å². The number of phenolic OH excluding ortho intramolecular Hbond substituents is 2. The van der Waals surface area contributed by atoms with Gasteiger partial charge in [-0.25, -0.2) is 0 Å². The van der Waals surface area contributed by atoms with E-state index in [0.717, 1.165) is 23.8 Å². The van der Waals surface area contributed by atoms with Crippen LogP contribution in [0, 0.1) is 0 Å². The number of ether oxygens (including phenoxy) is 1. The van der Waals surface area contributed by atoms with Crippen LogP contribution in [-0.4, -0.2) is 33.9 Å². The first-order valence-electron chi connectivity index (χ1n) is 8.44. The topological polar surface area (TPSA) is 101 Å². The number of Topliss-reactive ketones (excluding diaryl/α,β-unsaturated/α-hetero) is 1. The lowest BCUT2D eigenvalue weighted by Gasteiger charge is -2.23. The van der Waals surface area contributed by atoms with Crippen molar-refractivity contribution in [2.75, 3.05) is 0 Å². The molecule has 2 N–H and O–H groups in total. The van der Waals surface area contributed by atoms with Crippen molar-refractivity contribution in [2.24, 2.45) is 0 Å². The number of allylic oxidation sites excluding steroid dienone is 2. The van der Waals surface area contributed by atoms with Gasteiger partial charge in [-0.2, -0.15) is 0 Å². The Morgan fingerprint density at radius 2 is 1.77 bits per heavy atom. The number of esters is 1. The molecule has 0 radical (unpaired) electrons. The molecule has 1 aromatic carbocycles. The molecule has 0 heterocycles. The number of rotatable bonds is 6. The van der Waals surface area contributed by atoms with Gasteiger partial charge in [0.2, 0.25) is 0 Å². The van der Waals surface area contributed by atoms with E-state index in [1.54, 1.807) is 6.08 Å². The number of hydrogen-bond acceptors (Lipinski definition) is 6. The Hall–Kier alpha value is -2.89. The zero-order chi connectivity index (χ0) is 19.4. The van der Waals surface area contributed by atoms with Crippen molar-refractivity contribution in [1.82, 2.24) is 0 Å². The lowest BCUT2D eigenvalue weighted by atomic mass is 9.85. The molecule has 0 aliphatic heterocycles. The fourth-order valence-corrected chi connectivity index (χ4v) is 2.73. The molecule has 0 unspecified atom stereocenters. The molecular weight excluding hydrogens is 336 g/mol. The largest absolute Gasteiger partial charge is 0.507 e. The molecule has 26 heavy (non-hydrogen) atoms. The van der Waals surface area contributed by atoms with Gasteiger partial charge >= 0.3 is 5.97 Å². The molecule has 0 fully saturated rings. The van der Waals surface area contributed by atoms with E-state index in [1.807, 2.05) is 20.8 Å². The van der Waals surface area contributed by atoms with Crippen LogP contribution in [0.15, 0.2) is 35.4 Å². The Bertz CT molecular complexity index is 812. The minimum atomic E-state index is -0.935. The minimum absolute atomic E-state index is 0.00893. The van der Waals surface area contributed by atoms with E-state index < -0.39 is 29.4 Å². The van der Waals surface area contributed by atoms with Crippen LogP contribution in [0.2, 0.25) is 0 Å². The number of ketones is 2. The summed E-state index contributed by atoms with van der Waals surface area (Å²) < 4.78 is 5.42. The molecule has 0 aromatic heterocycles. The van der Waals surface area contributed by atoms with Crippen LogP contribution in [0.25, 0.3) is 0 Å². The summed E-state index contributed by atoms with van der Waals surface area (Å²) in [5.74, 6) is -2.49.